The molecular weight excluding hydrogens is 343 g/mol. The van der Waals surface area contributed by atoms with E-state index >= 15 is 0 Å². The molecule has 0 amide bonds. The molecule has 1 fully saturated rings. The molecule has 1 atom stereocenters. The molecule has 1 aliphatic rings. The topological polar surface area (TPSA) is 24.5 Å². The average molecular weight is 377 g/mol. The largest absolute Gasteiger partial charge is 0.488 e. The Hall–Kier alpha value is -0.480. The van der Waals surface area contributed by atoms with Crippen molar-refractivity contribution < 1.29 is 4.74 Å². The van der Waals surface area contributed by atoms with Gasteiger partial charge in [0, 0.05) is 32.2 Å². The van der Waals surface area contributed by atoms with E-state index in [0.717, 1.165) is 31.9 Å². The van der Waals surface area contributed by atoms with Crippen LogP contribution in [0.4, 0.5) is 0 Å². The Morgan fingerprint density at radius 3 is 1.83 bits per heavy atom. The predicted octanol–water partition coefficient (Wildman–Crippen LogP) is 4.70. The van der Waals surface area contributed by atoms with Gasteiger partial charge in [-0.3, -0.25) is 4.90 Å². The fraction of sp³-hybridized carbons (Fsp3) is 0.684. The lowest BCUT2D eigenvalue weighted by Crippen LogP contribution is -2.48. The molecule has 3 nitrogen and oxygen atoms in total. The van der Waals surface area contributed by atoms with E-state index < -0.39 is 0 Å². The van der Waals surface area contributed by atoms with E-state index in [1.165, 1.54) is 5.56 Å². The Labute approximate surface area is 160 Å². The summed E-state index contributed by atoms with van der Waals surface area (Å²) in [4.78, 5) is 2.61. The Morgan fingerprint density at radius 2 is 1.42 bits per heavy atom. The molecule has 1 aromatic carbocycles. The molecule has 1 N–H and O–H groups in total. The first-order valence-electron chi connectivity index (χ1n) is 8.40. The summed E-state index contributed by atoms with van der Waals surface area (Å²) in [5, 5.41) is 3.45. The van der Waals surface area contributed by atoms with E-state index in [0.29, 0.717) is 6.04 Å². The smallest absolute Gasteiger partial charge is 0.120 e. The highest BCUT2D eigenvalue weighted by atomic mass is 35.5. The number of piperazine rings is 1. The molecule has 1 aromatic rings. The molecule has 2 rings (SSSR count). The highest BCUT2D eigenvalue weighted by molar-refractivity contribution is 5.85. The molecule has 0 bridgehead atoms. The van der Waals surface area contributed by atoms with Gasteiger partial charge >= 0.3 is 0 Å². The Balaban J connectivity index is 0.00000264. The summed E-state index contributed by atoms with van der Waals surface area (Å²) >= 11 is 0. The van der Waals surface area contributed by atoms with Crippen LogP contribution in [0.5, 0.6) is 5.75 Å². The maximum Gasteiger partial charge on any atom is 0.120 e. The van der Waals surface area contributed by atoms with Gasteiger partial charge in [0.15, 0.2) is 0 Å². The van der Waals surface area contributed by atoms with Crippen molar-refractivity contribution in [3.63, 3.8) is 0 Å². The summed E-state index contributed by atoms with van der Waals surface area (Å²) in [5.74, 6) is 0.948. The van der Waals surface area contributed by atoms with Gasteiger partial charge in [0.05, 0.1) is 0 Å². The predicted molar refractivity (Wildman–Crippen MR) is 108 cm³/mol. The van der Waals surface area contributed by atoms with Crippen molar-refractivity contribution in [3.05, 3.63) is 29.8 Å². The van der Waals surface area contributed by atoms with Gasteiger partial charge in [0.1, 0.15) is 11.4 Å². The van der Waals surface area contributed by atoms with Crippen LogP contribution in [0.3, 0.4) is 0 Å². The number of benzene rings is 1. The van der Waals surface area contributed by atoms with Gasteiger partial charge in [-0.25, -0.2) is 0 Å². The number of hydrogen-bond donors (Lipinski definition) is 1. The number of ether oxygens (including phenoxy) is 1. The molecular formula is C19H34Cl2N2O. The number of rotatable bonds is 3. The molecule has 1 heterocycles. The van der Waals surface area contributed by atoms with E-state index in [-0.39, 0.29) is 35.8 Å². The van der Waals surface area contributed by atoms with Gasteiger partial charge in [0.25, 0.3) is 0 Å². The second-order valence-electron chi connectivity index (χ2n) is 8.34. The Bertz CT molecular complexity index is 472. The second-order valence-corrected chi connectivity index (χ2v) is 8.34. The van der Waals surface area contributed by atoms with Crippen LogP contribution in [0.2, 0.25) is 0 Å². The monoisotopic (exact) mass is 376 g/mol. The lowest BCUT2D eigenvalue weighted by molar-refractivity contribution is 0.0859. The van der Waals surface area contributed by atoms with E-state index in [1.807, 2.05) is 0 Å². The fourth-order valence-corrected chi connectivity index (χ4v) is 3.27. The minimum atomic E-state index is -0.149. The zero-order chi connectivity index (χ0) is 16.4. The Morgan fingerprint density at radius 1 is 0.917 bits per heavy atom. The van der Waals surface area contributed by atoms with Gasteiger partial charge in [0.2, 0.25) is 0 Å². The number of nitrogens with zero attached hydrogens (tertiary/aromatic N) is 1. The van der Waals surface area contributed by atoms with Crippen molar-refractivity contribution in [3.8, 4) is 5.75 Å². The SMILES string of the molecule is CC(C)(C)Oc1ccc([C@H](N2CCNCC2)C(C)(C)C)cc1.Cl.Cl. The second kappa shape index (κ2) is 9.28. The summed E-state index contributed by atoms with van der Waals surface area (Å²) in [6, 6.07) is 9.14. The van der Waals surface area contributed by atoms with E-state index in [1.54, 1.807) is 0 Å². The number of hydrogen-bond acceptors (Lipinski definition) is 3. The van der Waals surface area contributed by atoms with E-state index in [4.69, 9.17) is 4.74 Å². The van der Waals surface area contributed by atoms with E-state index in [9.17, 15) is 0 Å². The molecule has 1 saturated heterocycles. The van der Waals surface area contributed by atoms with Crippen molar-refractivity contribution in [2.45, 2.75) is 53.2 Å². The summed E-state index contributed by atoms with van der Waals surface area (Å²) in [5.41, 5.74) is 1.45. The molecule has 0 radical (unpaired) electrons. The summed E-state index contributed by atoms with van der Waals surface area (Å²) in [6.07, 6.45) is 0. The van der Waals surface area contributed by atoms with Crippen LogP contribution in [0.25, 0.3) is 0 Å². The van der Waals surface area contributed by atoms with Crippen LogP contribution >= 0.6 is 24.8 Å². The minimum Gasteiger partial charge on any atom is -0.488 e. The van der Waals surface area contributed by atoms with E-state index in [2.05, 4.69) is 76.0 Å². The zero-order valence-electron chi connectivity index (χ0n) is 15.9. The highest BCUT2D eigenvalue weighted by Crippen LogP contribution is 2.38. The van der Waals surface area contributed by atoms with Crippen molar-refractivity contribution >= 4 is 24.8 Å². The van der Waals surface area contributed by atoms with Crippen LogP contribution in [-0.2, 0) is 0 Å². The third-order valence-electron chi connectivity index (χ3n) is 3.96. The van der Waals surface area contributed by atoms with Crippen LogP contribution in [0.1, 0.15) is 53.1 Å². The Kier molecular flexibility index (Phi) is 9.10. The lowest BCUT2D eigenvalue weighted by Gasteiger charge is -2.42. The van der Waals surface area contributed by atoms with Gasteiger partial charge in [-0.15, -0.1) is 24.8 Å². The fourth-order valence-electron chi connectivity index (χ4n) is 3.27. The van der Waals surface area contributed by atoms with Gasteiger partial charge < -0.3 is 10.1 Å². The quantitative estimate of drug-likeness (QED) is 0.826. The van der Waals surface area contributed by atoms with Crippen LogP contribution in [0, 0.1) is 5.41 Å². The standard InChI is InChI=1S/C19H32N2O.2ClH/c1-18(2,3)17(21-13-11-20-12-14-21)15-7-9-16(10-8-15)22-19(4,5)6;;/h7-10,17,20H,11-14H2,1-6H3;2*1H/t17-;;/m0../s1. The van der Waals surface area contributed by atoms with Gasteiger partial charge in [-0.05, 0) is 43.9 Å². The van der Waals surface area contributed by atoms with Gasteiger partial charge in [-0.2, -0.15) is 0 Å². The summed E-state index contributed by atoms with van der Waals surface area (Å²) in [7, 11) is 0. The molecule has 0 unspecified atom stereocenters. The van der Waals surface area contributed by atoms with Crippen LogP contribution in [0.15, 0.2) is 24.3 Å². The molecule has 24 heavy (non-hydrogen) atoms. The van der Waals surface area contributed by atoms with Crippen molar-refractivity contribution in [2.75, 3.05) is 26.2 Å². The normalized spacial score (nSPS) is 17.4. The summed E-state index contributed by atoms with van der Waals surface area (Å²) < 4.78 is 5.94. The molecule has 0 aromatic heterocycles. The summed E-state index contributed by atoms with van der Waals surface area (Å²) in [6.45, 7) is 17.6. The highest BCUT2D eigenvalue weighted by Gasteiger charge is 2.32. The molecule has 1 aliphatic heterocycles. The van der Waals surface area contributed by atoms with Crippen LogP contribution < -0.4 is 10.1 Å². The maximum atomic E-state index is 5.94. The third-order valence-corrected chi connectivity index (χ3v) is 3.96. The van der Waals surface area contributed by atoms with Crippen LogP contribution in [-0.4, -0.2) is 36.7 Å². The first-order chi connectivity index (χ1) is 10.2. The zero-order valence-corrected chi connectivity index (χ0v) is 17.5. The molecule has 5 heteroatoms. The molecule has 0 aliphatic carbocycles. The molecule has 0 saturated carbocycles. The van der Waals surface area contributed by atoms with Crippen molar-refractivity contribution in [2.24, 2.45) is 5.41 Å². The average Bonchev–Trinajstić information content (AvgIpc) is 2.39. The molecule has 0 spiro atoms. The number of nitrogens with one attached hydrogen (secondary N) is 1. The number of halogens is 2. The third kappa shape index (κ3) is 6.79. The first kappa shape index (κ1) is 23.5. The lowest BCUT2D eigenvalue weighted by atomic mass is 9.81. The first-order valence-corrected chi connectivity index (χ1v) is 8.40. The van der Waals surface area contributed by atoms with Crippen molar-refractivity contribution in [1.82, 2.24) is 10.2 Å². The van der Waals surface area contributed by atoms with Gasteiger partial charge in [-0.1, -0.05) is 32.9 Å². The maximum absolute atomic E-state index is 5.94. The van der Waals surface area contributed by atoms with Crippen molar-refractivity contribution in [1.29, 1.82) is 0 Å². The minimum absolute atomic E-state index is 0. The molecule has 140 valence electrons.